The maximum Gasteiger partial charge on any atom is 0.410 e. The molecule has 0 bridgehead atoms. The lowest BCUT2D eigenvalue weighted by molar-refractivity contribution is 0.00492. The van der Waals surface area contributed by atoms with Crippen LogP contribution in [0, 0.1) is 11.8 Å². The lowest BCUT2D eigenvalue weighted by Crippen LogP contribution is -2.58. The molecule has 5 atom stereocenters. The van der Waals surface area contributed by atoms with Crippen molar-refractivity contribution >= 4 is 6.09 Å². The predicted octanol–water partition coefficient (Wildman–Crippen LogP) is 4.19. The number of carbonyl (C=O) groups excluding carboxylic acids is 1. The number of hydrogen-bond donors (Lipinski definition) is 1. The Kier molecular flexibility index (Phi) is 5.99. The van der Waals surface area contributed by atoms with Crippen LogP contribution in [0.25, 0.3) is 0 Å². The molecule has 1 amide bonds. The minimum atomic E-state index is -0.426. The first-order valence-electron chi connectivity index (χ1n) is 9.44. The van der Waals surface area contributed by atoms with Crippen molar-refractivity contribution in [1.29, 1.82) is 0 Å². The number of ether oxygens (including phenoxy) is 1. The van der Waals surface area contributed by atoms with Crippen LogP contribution in [-0.2, 0) is 4.74 Å². The molecule has 23 heavy (non-hydrogen) atoms. The van der Waals surface area contributed by atoms with Gasteiger partial charge < -0.3 is 15.0 Å². The van der Waals surface area contributed by atoms with Gasteiger partial charge in [-0.25, -0.2) is 4.79 Å². The average molecular weight is 325 g/mol. The highest BCUT2D eigenvalue weighted by Crippen LogP contribution is 2.31. The van der Waals surface area contributed by atoms with Crippen molar-refractivity contribution in [1.82, 2.24) is 10.2 Å². The zero-order valence-corrected chi connectivity index (χ0v) is 15.9. The van der Waals surface area contributed by atoms with E-state index in [1.165, 1.54) is 19.3 Å². The SMILES string of the molecule is CC1CCCC(NC2CCCN(C(=O)OC(C)(C)C)C2C)C1C. The fraction of sp³-hybridized carbons (Fsp3) is 0.947. The summed E-state index contributed by atoms with van der Waals surface area (Å²) in [6.07, 6.45) is 5.97. The van der Waals surface area contributed by atoms with Crippen LogP contribution < -0.4 is 5.32 Å². The van der Waals surface area contributed by atoms with Gasteiger partial charge in [-0.15, -0.1) is 0 Å². The maximum atomic E-state index is 12.5. The molecule has 2 rings (SSSR count). The second-order valence-electron chi connectivity index (χ2n) is 8.70. The first-order valence-corrected chi connectivity index (χ1v) is 9.44. The number of rotatable bonds is 2. The molecule has 4 heteroatoms. The largest absolute Gasteiger partial charge is 0.444 e. The monoisotopic (exact) mass is 324 g/mol. The van der Waals surface area contributed by atoms with E-state index in [1.807, 2.05) is 25.7 Å². The summed E-state index contributed by atoms with van der Waals surface area (Å²) < 4.78 is 5.58. The molecule has 0 aromatic carbocycles. The van der Waals surface area contributed by atoms with Crippen molar-refractivity contribution < 1.29 is 9.53 Å². The molecule has 0 aromatic heterocycles. The van der Waals surface area contributed by atoms with E-state index in [4.69, 9.17) is 4.74 Å². The van der Waals surface area contributed by atoms with Gasteiger partial charge in [0, 0.05) is 24.7 Å². The number of nitrogens with one attached hydrogen (secondary N) is 1. The second-order valence-corrected chi connectivity index (χ2v) is 8.70. The summed E-state index contributed by atoms with van der Waals surface area (Å²) in [5.41, 5.74) is -0.426. The van der Waals surface area contributed by atoms with Gasteiger partial charge >= 0.3 is 6.09 Å². The lowest BCUT2D eigenvalue weighted by atomic mass is 9.77. The van der Waals surface area contributed by atoms with Gasteiger partial charge in [0.1, 0.15) is 5.60 Å². The molecule has 0 aromatic rings. The Morgan fingerprint density at radius 1 is 1.04 bits per heavy atom. The zero-order valence-electron chi connectivity index (χ0n) is 15.9. The van der Waals surface area contributed by atoms with E-state index in [1.54, 1.807) is 0 Å². The Hall–Kier alpha value is -0.770. The summed E-state index contributed by atoms with van der Waals surface area (Å²) in [6.45, 7) is 13.5. The highest BCUT2D eigenvalue weighted by atomic mass is 16.6. The van der Waals surface area contributed by atoms with E-state index in [0.717, 1.165) is 25.3 Å². The second kappa shape index (κ2) is 7.42. The van der Waals surface area contributed by atoms with E-state index >= 15 is 0 Å². The molecule has 5 unspecified atom stereocenters. The number of amides is 1. The van der Waals surface area contributed by atoms with E-state index in [0.29, 0.717) is 18.0 Å². The maximum absolute atomic E-state index is 12.5. The Morgan fingerprint density at radius 2 is 1.70 bits per heavy atom. The summed E-state index contributed by atoms with van der Waals surface area (Å²) in [4.78, 5) is 14.4. The van der Waals surface area contributed by atoms with Crippen LogP contribution in [0.4, 0.5) is 4.79 Å². The van der Waals surface area contributed by atoms with Gasteiger partial charge in [-0.05, 0) is 58.8 Å². The molecular weight excluding hydrogens is 288 g/mol. The van der Waals surface area contributed by atoms with Crippen LogP contribution >= 0.6 is 0 Å². The molecule has 1 aliphatic heterocycles. The smallest absolute Gasteiger partial charge is 0.410 e. The third-order valence-corrected chi connectivity index (χ3v) is 5.75. The number of likely N-dealkylation sites (tertiary alicyclic amines) is 1. The molecule has 2 aliphatic rings. The highest BCUT2D eigenvalue weighted by molar-refractivity contribution is 5.68. The molecular formula is C19H36N2O2. The Labute approximate surface area is 142 Å². The molecule has 134 valence electrons. The number of hydrogen-bond acceptors (Lipinski definition) is 3. The quantitative estimate of drug-likeness (QED) is 0.828. The van der Waals surface area contributed by atoms with Crippen LogP contribution in [0.3, 0.4) is 0 Å². The Morgan fingerprint density at radius 3 is 2.35 bits per heavy atom. The van der Waals surface area contributed by atoms with Crippen molar-refractivity contribution in [2.45, 2.75) is 97.4 Å². The van der Waals surface area contributed by atoms with Gasteiger partial charge in [-0.1, -0.05) is 26.7 Å². The summed E-state index contributed by atoms with van der Waals surface area (Å²) in [5, 5.41) is 3.89. The van der Waals surface area contributed by atoms with Gasteiger partial charge in [0.25, 0.3) is 0 Å². The first-order chi connectivity index (χ1) is 10.7. The van der Waals surface area contributed by atoms with Crippen LogP contribution in [0.15, 0.2) is 0 Å². The normalized spacial score (nSPS) is 35.9. The van der Waals surface area contributed by atoms with Crippen molar-refractivity contribution in [3.8, 4) is 0 Å². The topological polar surface area (TPSA) is 41.6 Å². The molecule has 1 aliphatic carbocycles. The highest BCUT2D eigenvalue weighted by Gasteiger charge is 2.36. The van der Waals surface area contributed by atoms with E-state index in [2.05, 4.69) is 26.1 Å². The van der Waals surface area contributed by atoms with E-state index in [-0.39, 0.29) is 12.1 Å². The third-order valence-electron chi connectivity index (χ3n) is 5.75. The molecule has 1 saturated carbocycles. The Balaban J connectivity index is 1.96. The van der Waals surface area contributed by atoms with Gasteiger partial charge in [0.05, 0.1) is 0 Å². The molecule has 0 spiro atoms. The predicted molar refractivity (Wildman–Crippen MR) is 94.5 cm³/mol. The summed E-state index contributed by atoms with van der Waals surface area (Å²) in [7, 11) is 0. The molecule has 1 saturated heterocycles. The van der Waals surface area contributed by atoms with Crippen molar-refractivity contribution in [3.05, 3.63) is 0 Å². The van der Waals surface area contributed by atoms with Gasteiger partial charge in [0.15, 0.2) is 0 Å². The summed E-state index contributed by atoms with van der Waals surface area (Å²) >= 11 is 0. The van der Waals surface area contributed by atoms with Crippen LogP contribution in [0.2, 0.25) is 0 Å². The Bertz CT molecular complexity index is 405. The minimum absolute atomic E-state index is 0.165. The molecule has 0 radical (unpaired) electrons. The van der Waals surface area contributed by atoms with Crippen molar-refractivity contribution in [2.24, 2.45) is 11.8 Å². The van der Waals surface area contributed by atoms with Gasteiger partial charge in [0.2, 0.25) is 0 Å². The third kappa shape index (κ3) is 4.85. The standard InChI is InChI=1S/C19H36N2O2/c1-13-9-7-10-16(14(13)2)20-17-11-8-12-21(15(17)3)18(22)23-19(4,5)6/h13-17,20H,7-12H2,1-6H3. The fourth-order valence-corrected chi connectivity index (χ4v) is 4.04. The van der Waals surface area contributed by atoms with E-state index in [9.17, 15) is 4.79 Å². The average Bonchev–Trinajstić information content (AvgIpc) is 2.44. The number of nitrogens with zero attached hydrogens (tertiary/aromatic N) is 1. The first kappa shape index (κ1) is 18.6. The fourth-order valence-electron chi connectivity index (χ4n) is 4.04. The van der Waals surface area contributed by atoms with Crippen LogP contribution in [-0.4, -0.2) is 41.3 Å². The van der Waals surface area contributed by atoms with E-state index < -0.39 is 5.60 Å². The molecule has 1 heterocycles. The van der Waals surface area contributed by atoms with Crippen LogP contribution in [0.1, 0.15) is 73.6 Å². The van der Waals surface area contributed by atoms with Crippen molar-refractivity contribution in [3.63, 3.8) is 0 Å². The minimum Gasteiger partial charge on any atom is -0.444 e. The summed E-state index contributed by atoms with van der Waals surface area (Å²) in [5.74, 6) is 1.51. The van der Waals surface area contributed by atoms with Gasteiger partial charge in [-0.2, -0.15) is 0 Å². The van der Waals surface area contributed by atoms with Crippen molar-refractivity contribution in [2.75, 3.05) is 6.54 Å². The number of piperidine rings is 1. The van der Waals surface area contributed by atoms with Gasteiger partial charge in [-0.3, -0.25) is 0 Å². The molecule has 1 N–H and O–H groups in total. The summed E-state index contributed by atoms with van der Waals surface area (Å²) in [6, 6.07) is 1.17. The lowest BCUT2D eigenvalue weighted by Gasteiger charge is -2.44. The number of carbonyl (C=O) groups is 1. The van der Waals surface area contributed by atoms with Crippen LogP contribution in [0.5, 0.6) is 0 Å². The molecule has 4 nitrogen and oxygen atoms in total. The molecule has 2 fully saturated rings. The zero-order chi connectivity index (χ0) is 17.2.